The maximum atomic E-state index is 13.6. The van der Waals surface area contributed by atoms with E-state index in [4.69, 9.17) is 10.4 Å². The second-order valence-electron chi connectivity index (χ2n) is 4.05. The van der Waals surface area contributed by atoms with E-state index in [0.29, 0.717) is 0 Å². The molecule has 0 aliphatic carbocycles. The summed E-state index contributed by atoms with van der Waals surface area (Å²) >= 11 is 0. The molecule has 0 radical (unpaired) electrons. The summed E-state index contributed by atoms with van der Waals surface area (Å²) in [6, 6.07) is 7.01. The van der Waals surface area contributed by atoms with Gasteiger partial charge in [-0.25, -0.2) is 13.2 Å². The van der Waals surface area contributed by atoms with Gasteiger partial charge in [-0.2, -0.15) is 5.26 Å². The lowest BCUT2D eigenvalue weighted by Gasteiger charge is -2.09. The fourth-order valence-corrected chi connectivity index (χ4v) is 1.64. The Hall–Kier alpha value is -2.68. The van der Waals surface area contributed by atoms with Crippen LogP contribution in [-0.2, 0) is 6.54 Å². The standard InChI is InChI=1S/C14H9F3N2O/c15-11-3-8(6-18)4-12(16)10(11)7-19-9-1-2-14(20)13(17)5-9/h1-5,19-20H,7H2. The molecule has 20 heavy (non-hydrogen) atoms. The maximum Gasteiger partial charge on any atom is 0.166 e. The van der Waals surface area contributed by atoms with E-state index >= 15 is 0 Å². The predicted octanol–water partition coefficient (Wildman–Crippen LogP) is 3.29. The lowest BCUT2D eigenvalue weighted by atomic mass is 10.1. The average molecular weight is 278 g/mol. The fraction of sp³-hybridized carbons (Fsp3) is 0.0714. The maximum absolute atomic E-state index is 13.6. The van der Waals surface area contributed by atoms with Crippen molar-refractivity contribution >= 4 is 5.69 Å². The summed E-state index contributed by atoms with van der Waals surface area (Å²) in [4.78, 5) is 0. The number of rotatable bonds is 3. The Morgan fingerprint density at radius 1 is 1.05 bits per heavy atom. The molecule has 0 aromatic heterocycles. The normalized spacial score (nSPS) is 10.1. The van der Waals surface area contributed by atoms with Crippen molar-refractivity contribution in [2.75, 3.05) is 5.32 Å². The van der Waals surface area contributed by atoms with E-state index in [9.17, 15) is 13.2 Å². The summed E-state index contributed by atoms with van der Waals surface area (Å²) in [5.74, 6) is -3.05. The van der Waals surface area contributed by atoms with Crippen LogP contribution in [0.5, 0.6) is 5.75 Å². The Labute approximate surface area is 112 Å². The van der Waals surface area contributed by atoms with Gasteiger partial charge in [-0.05, 0) is 24.3 Å². The molecule has 0 saturated heterocycles. The van der Waals surface area contributed by atoms with Gasteiger partial charge in [-0.15, -0.1) is 0 Å². The van der Waals surface area contributed by atoms with Gasteiger partial charge in [0.25, 0.3) is 0 Å². The molecule has 0 amide bonds. The number of anilines is 1. The van der Waals surface area contributed by atoms with Gasteiger partial charge in [-0.3, -0.25) is 0 Å². The van der Waals surface area contributed by atoms with Crippen molar-refractivity contribution in [1.82, 2.24) is 0 Å². The predicted molar refractivity (Wildman–Crippen MR) is 66.5 cm³/mol. The Morgan fingerprint density at radius 2 is 1.70 bits per heavy atom. The molecule has 0 aliphatic rings. The molecule has 2 aromatic rings. The summed E-state index contributed by atoms with van der Waals surface area (Å²) < 4.78 is 40.3. The zero-order valence-corrected chi connectivity index (χ0v) is 10.1. The summed E-state index contributed by atoms with van der Waals surface area (Å²) in [6.07, 6.45) is 0. The molecule has 2 rings (SSSR count). The second kappa shape index (κ2) is 5.53. The summed E-state index contributed by atoms with van der Waals surface area (Å²) in [5.41, 5.74) is -0.0969. The number of aromatic hydroxyl groups is 1. The number of phenols is 1. The van der Waals surface area contributed by atoms with Gasteiger partial charge in [0.15, 0.2) is 11.6 Å². The van der Waals surface area contributed by atoms with Crippen molar-refractivity contribution in [3.63, 3.8) is 0 Å². The first-order chi connectivity index (χ1) is 9.51. The quantitative estimate of drug-likeness (QED) is 0.847. The molecule has 3 nitrogen and oxygen atoms in total. The van der Waals surface area contributed by atoms with Crippen molar-refractivity contribution in [3.8, 4) is 11.8 Å². The molecule has 0 bridgehead atoms. The van der Waals surface area contributed by atoms with Crippen LogP contribution in [0, 0.1) is 28.8 Å². The van der Waals surface area contributed by atoms with E-state index in [1.165, 1.54) is 6.07 Å². The third-order valence-corrected chi connectivity index (χ3v) is 2.69. The van der Waals surface area contributed by atoms with Crippen molar-refractivity contribution < 1.29 is 18.3 Å². The largest absolute Gasteiger partial charge is 0.505 e. The van der Waals surface area contributed by atoms with Crippen molar-refractivity contribution in [3.05, 3.63) is 58.9 Å². The van der Waals surface area contributed by atoms with Crippen LogP contribution in [0.25, 0.3) is 0 Å². The van der Waals surface area contributed by atoms with Crippen LogP contribution < -0.4 is 5.32 Å². The highest BCUT2D eigenvalue weighted by atomic mass is 19.1. The molecule has 0 fully saturated rings. The van der Waals surface area contributed by atoms with E-state index < -0.39 is 23.2 Å². The smallest absolute Gasteiger partial charge is 0.166 e. The molecule has 0 unspecified atom stereocenters. The number of benzene rings is 2. The summed E-state index contributed by atoms with van der Waals surface area (Å²) in [6.45, 7) is -0.215. The third kappa shape index (κ3) is 2.83. The minimum atomic E-state index is -0.853. The van der Waals surface area contributed by atoms with Gasteiger partial charge in [-0.1, -0.05) is 0 Å². The Bertz CT molecular complexity index is 672. The van der Waals surface area contributed by atoms with E-state index in [1.807, 2.05) is 0 Å². The number of nitrogens with zero attached hydrogens (tertiary/aromatic N) is 1. The molecule has 6 heteroatoms. The minimum absolute atomic E-state index is 0.112. The number of halogens is 3. The molecule has 102 valence electrons. The van der Waals surface area contributed by atoms with Gasteiger partial charge in [0.05, 0.1) is 11.6 Å². The van der Waals surface area contributed by atoms with Crippen LogP contribution in [0.1, 0.15) is 11.1 Å². The molecule has 0 atom stereocenters. The van der Waals surface area contributed by atoms with E-state index in [0.717, 1.165) is 24.3 Å². The lowest BCUT2D eigenvalue weighted by Crippen LogP contribution is -2.05. The van der Waals surface area contributed by atoms with Gasteiger partial charge >= 0.3 is 0 Å². The van der Waals surface area contributed by atoms with Crippen LogP contribution in [0.15, 0.2) is 30.3 Å². The van der Waals surface area contributed by atoms with Crippen LogP contribution in [0.4, 0.5) is 18.9 Å². The van der Waals surface area contributed by atoms with Crippen LogP contribution in [-0.4, -0.2) is 5.11 Å². The monoisotopic (exact) mass is 278 g/mol. The van der Waals surface area contributed by atoms with Crippen LogP contribution >= 0.6 is 0 Å². The Kier molecular flexibility index (Phi) is 3.80. The molecular formula is C14H9F3N2O. The van der Waals surface area contributed by atoms with Crippen molar-refractivity contribution in [1.29, 1.82) is 5.26 Å². The molecule has 0 saturated carbocycles. The molecule has 2 N–H and O–H groups in total. The Balaban J connectivity index is 2.19. The van der Waals surface area contributed by atoms with Gasteiger partial charge < -0.3 is 10.4 Å². The van der Waals surface area contributed by atoms with Crippen LogP contribution in [0.2, 0.25) is 0 Å². The topological polar surface area (TPSA) is 56.0 Å². The number of nitriles is 1. The highest BCUT2D eigenvalue weighted by molar-refractivity contribution is 5.47. The fourth-order valence-electron chi connectivity index (χ4n) is 1.64. The summed E-state index contributed by atoms with van der Waals surface area (Å²) in [7, 11) is 0. The van der Waals surface area contributed by atoms with Crippen LogP contribution in [0.3, 0.4) is 0 Å². The molecule has 0 heterocycles. The number of hydrogen-bond acceptors (Lipinski definition) is 3. The molecule has 0 aliphatic heterocycles. The molecule has 2 aromatic carbocycles. The van der Waals surface area contributed by atoms with E-state index in [2.05, 4.69) is 5.32 Å². The van der Waals surface area contributed by atoms with Gasteiger partial charge in [0.1, 0.15) is 11.6 Å². The molecule has 0 spiro atoms. The highest BCUT2D eigenvalue weighted by Gasteiger charge is 2.11. The van der Waals surface area contributed by atoms with Gasteiger partial charge in [0, 0.05) is 23.9 Å². The second-order valence-corrected chi connectivity index (χ2v) is 4.05. The summed E-state index contributed by atoms with van der Waals surface area (Å²) in [5, 5.41) is 20.2. The SMILES string of the molecule is N#Cc1cc(F)c(CNc2ccc(O)c(F)c2)c(F)c1. The lowest BCUT2D eigenvalue weighted by molar-refractivity contribution is 0.432. The van der Waals surface area contributed by atoms with Crippen molar-refractivity contribution in [2.24, 2.45) is 0 Å². The third-order valence-electron chi connectivity index (χ3n) is 2.69. The first kappa shape index (κ1) is 13.7. The number of phenolic OH excluding ortho intramolecular Hbond substituents is 1. The first-order valence-electron chi connectivity index (χ1n) is 5.61. The number of hydrogen-bond donors (Lipinski definition) is 2. The highest BCUT2D eigenvalue weighted by Crippen LogP contribution is 2.21. The number of nitrogens with one attached hydrogen (secondary N) is 1. The average Bonchev–Trinajstić information content (AvgIpc) is 2.41. The zero-order valence-electron chi connectivity index (χ0n) is 10.1. The molecular weight excluding hydrogens is 269 g/mol. The van der Waals surface area contributed by atoms with E-state index in [-0.39, 0.29) is 23.4 Å². The van der Waals surface area contributed by atoms with E-state index in [1.54, 1.807) is 6.07 Å². The minimum Gasteiger partial charge on any atom is -0.505 e. The Morgan fingerprint density at radius 3 is 2.25 bits per heavy atom. The zero-order chi connectivity index (χ0) is 14.7. The first-order valence-corrected chi connectivity index (χ1v) is 5.61. The van der Waals surface area contributed by atoms with Crippen molar-refractivity contribution in [2.45, 2.75) is 6.54 Å². The van der Waals surface area contributed by atoms with Gasteiger partial charge in [0.2, 0.25) is 0 Å².